The maximum Gasteiger partial charge on any atom is 0.333 e. The highest BCUT2D eigenvalue weighted by molar-refractivity contribution is 5.85. The van der Waals surface area contributed by atoms with Crippen molar-refractivity contribution in [1.82, 2.24) is 5.32 Å². The predicted octanol–water partition coefficient (Wildman–Crippen LogP) is 4.34. The lowest BCUT2D eigenvalue weighted by Gasteiger charge is -2.16. The summed E-state index contributed by atoms with van der Waals surface area (Å²) in [6.07, 6.45) is 9.98. The molecule has 3 nitrogen and oxygen atoms in total. The molecule has 1 atom stereocenters. The van der Waals surface area contributed by atoms with Crippen molar-refractivity contribution in [2.24, 2.45) is 0 Å². The molecule has 0 radical (unpaired) electrons. The number of benzene rings is 1. The molecule has 1 aromatic rings. The average molecular weight is 301 g/mol. The second-order valence-electron chi connectivity index (χ2n) is 5.92. The fourth-order valence-electron chi connectivity index (χ4n) is 2.75. The lowest BCUT2D eigenvalue weighted by molar-refractivity contribution is -0.139. The molecule has 0 saturated heterocycles. The van der Waals surface area contributed by atoms with Crippen molar-refractivity contribution in [2.45, 2.75) is 64.5 Å². The molecule has 1 aromatic carbocycles. The predicted molar refractivity (Wildman–Crippen MR) is 89.2 cm³/mol. The van der Waals surface area contributed by atoms with Crippen LogP contribution in [0.4, 0.5) is 0 Å². The number of hydrogen-bond acceptors (Lipinski definition) is 3. The molecule has 1 heterocycles. The topological polar surface area (TPSA) is 38.3 Å². The quantitative estimate of drug-likeness (QED) is 0.516. The second kappa shape index (κ2) is 9.29. The Labute approximate surface area is 133 Å². The van der Waals surface area contributed by atoms with Gasteiger partial charge in [-0.15, -0.1) is 0 Å². The molecule has 2 rings (SSSR count). The minimum atomic E-state index is -0.216. The van der Waals surface area contributed by atoms with E-state index in [1.807, 2.05) is 18.2 Å². The average Bonchev–Trinajstić information content (AvgIpc) is 2.90. The molecule has 0 aromatic heterocycles. The van der Waals surface area contributed by atoms with Crippen molar-refractivity contribution >= 4 is 5.97 Å². The summed E-state index contributed by atoms with van der Waals surface area (Å²) in [5, 5.41) is 3.35. The van der Waals surface area contributed by atoms with Gasteiger partial charge in [0.25, 0.3) is 0 Å². The lowest BCUT2D eigenvalue weighted by Crippen LogP contribution is -2.22. The van der Waals surface area contributed by atoms with E-state index < -0.39 is 0 Å². The molecule has 3 heteroatoms. The van der Waals surface area contributed by atoms with Crippen molar-refractivity contribution in [1.29, 1.82) is 0 Å². The Morgan fingerprint density at radius 1 is 1.05 bits per heavy atom. The Kier molecular flexibility index (Phi) is 7.01. The van der Waals surface area contributed by atoms with Crippen molar-refractivity contribution in [3.05, 3.63) is 47.7 Å². The van der Waals surface area contributed by atoms with E-state index in [9.17, 15) is 4.79 Å². The monoisotopic (exact) mass is 301 g/mol. The summed E-state index contributed by atoms with van der Waals surface area (Å²) in [5.41, 5.74) is 2.14. The first kappa shape index (κ1) is 16.6. The minimum Gasteiger partial charge on any atom is -0.453 e. The van der Waals surface area contributed by atoms with Crippen LogP contribution in [0, 0.1) is 0 Å². The van der Waals surface area contributed by atoms with E-state index in [0.717, 1.165) is 25.1 Å². The van der Waals surface area contributed by atoms with Gasteiger partial charge in [-0.1, -0.05) is 69.4 Å². The molecule has 0 fully saturated rings. The van der Waals surface area contributed by atoms with Crippen LogP contribution in [0.5, 0.6) is 0 Å². The third-order valence-corrected chi connectivity index (χ3v) is 4.04. The number of nitrogens with one attached hydrogen (secondary N) is 1. The van der Waals surface area contributed by atoms with Gasteiger partial charge in [0.2, 0.25) is 0 Å². The second-order valence-corrected chi connectivity index (χ2v) is 5.92. The van der Waals surface area contributed by atoms with Crippen LogP contribution in [0.25, 0.3) is 0 Å². The maximum absolute atomic E-state index is 11.5. The van der Waals surface area contributed by atoms with Gasteiger partial charge in [0.1, 0.15) is 6.10 Å². The molecule has 0 aliphatic carbocycles. The third kappa shape index (κ3) is 5.55. The molecule has 0 spiro atoms. The van der Waals surface area contributed by atoms with Crippen molar-refractivity contribution in [2.75, 3.05) is 0 Å². The molecule has 0 unspecified atom stereocenters. The number of esters is 1. The number of unbranched alkanes of at least 4 members (excludes halogenated alkanes) is 5. The SMILES string of the molecule is CCCCCCCC[C@H]1OC(=O)C=C1NCc1ccccc1. The number of hydrogen-bond donors (Lipinski definition) is 1. The van der Waals surface area contributed by atoms with Crippen molar-refractivity contribution in [3.8, 4) is 0 Å². The summed E-state index contributed by atoms with van der Waals surface area (Å²) in [5.74, 6) is -0.216. The zero-order valence-corrected chi connectivity index (χ0v) is 13.5. The van der Waals surface area contributed by atoms with Crippen LogP contribution in [-0.2, 0) is 16.1 Å². The van der Waals surface area contributed by atoms with Crippen LogP contribution in [-0.4, -0.2) is 12.1 Å². The standard InChI is InChI=1S/C19H27NO2/c1-2-3-4-5-6-10-13-18-17(14-19(21)22-18)20-15-16-11-8-7-9-12-16/h7-9,11-12,14,18,20H,2-6,10,13,15H2,1H3/t18-/m1/s1. The van der Waals surface area contributed by atoms with E-state index in [4.69, 9.17) is 4.74 Å². The summed E-state index contributed by atoms with van der Waals surface area (Å²) in [6.45, 7) is 2.96. The van der Waals surface area contributed by atoms with Crippen LogP contribution in [0.15, 0.2) is 42.1 Å². The van der Waals surface area contributed by atoms with Crippen LogP contribution in [0.2, 0.25) is 0 Å². The smallest absolute Gasteiger partial charge is 0.333 e. The summed E-state index contributed by atoms with van der Waals surface area (Å²) >= 11 is 0. The highest BCUT2D eigenvalue weighted by Gasteiger charge is 2.25. The van der Waals surface area contributed by atoms with Gasteiger partial charge in [-0.05, 0) is 18.4 Å². The number of rotatable bonds is 10. The number of carbonyl (C=O) groups excluding carboxylic acids is 1. The normalized spacial score (nSPS) is 17.2. The molecule has 120 valence electrons. The molecule has 1 aliphatic rings. The van der Waals surface area contributed by atoms with Crippen molar-refractivity contribution < 1.29 is 9.53 Å². The summed E-state index contributed by atoms with van der Waals surface area (Å²) in [4.78, 5) is 11.5. The Balaban J connectivity index is 1.72. The summed E-state index contributed by atoms with van der Waals surface area (Å²) < 4.78 is 5.40. The highest BCUT2D eigenvalue weighted by atomic mass is 16.5. The Morgan fingerprint density at radius 3 is 2.55 bits per heavy atom. The van der Waals surface area contributed by atoms with Gasteiger partial charge in [0, 0.05) is 12.6 Å². The number of cyclic esters (lactones) is 1. The first-order valence-corrected chi connectivity index (χ1v) is 8.49. The van der Waals surface area contributed by atoms with Gasteiger partial charge in [0.15, 0.2) is 0 Å². The largest absolute Gasteiger partial charge is 0.453 e. The van der Waals surface area contributed by atoms with Gasteiger partial charge >= 0.3 is 5.97 Å². The van der Waals surface area contributed by atoms with Gasteiger partial charge < -0.3 is 10.1 Å². The maximum atomic E-state index is 11.5. The first-order chi connectivity index (χ1) is 10.8. The third-order valence-electron chi connectivity index (χ3n) is 4.04. The molecule has 0 bridgehead atoms. The van der Waals surface area contributed by atoms with Crippen LogP contribution < -0.4 is 5.32 Å². The van der Waals surface area contributed by atoms with Crippen LogP contribution >= 0.6 is 0 Å². The van der Waals surface area contributed by atoms with E-state index in [-0.39, 0.29) is 12.1 Å². The van der Waals surface area contributed by atoms with Gasteiger partial charge in [0.05, 0.1) is 5.70 Å². The highest BCUT2D eigenvalue weighted by Crippen LogP contribution is 2.20. The molecule has 1 aliphatic heterocycles. The Hall–Kier alpha value is -1.77. The Bertz CT molecular complexity index is 481. The lowest BCUT2D eigenvalue weighted by atomic mass is 10.1. The van der Waals surface area contributed by atoms with Crippen LogP contribution in [0.1, 0.15) is 57.4 Å². The minimum absolute atomic E-state index is 0.0811. The van der Waals surface area contributed by atoms with E-state index in [1.165, 1.54) is 37.7 Å². The number of carbonyl (C=O) groups is 1. The van der Waals surface area contributed by atoms with Gasteiger partial charge in [-0.3, -0.25) is 0 Å². The molecule has 1 N–H and O–H groups in total. The molecule has 22 heavy (non-hydrogen) atoms. The molecular weight excluding hydrogens is 274 g/mol. The van der Waals surface area contributed by atoms with E-state index in [2.05, 4.69) is 24.4 Å². The number of ether oxygens (including phenoxy) is 1. The first-order valence-electron chi connectivity index (χ1n) is 8.49. The Morgan fingerprint density at radius 2 is 1.77 bits per heavy atom. The molecular formula is C19H27NO2. The van der Waals surface area contributed by atoms with Crippen LogP contribution in [0.3, 0.4) is 0 Å². The summed E-state index contributed by atoms with van der Waals surface area (Å²) in [6, 6.07) is 10.2. The fraction of sp³-hybridized carbons (Fsp3) is 0.526. The van der Waals surface area contributed by atoms with Gasteiger partial charge in [-0.25, -0.2) is 4.79 Å². The van der Waals surface area contributed by atoms with E-state index in [0.29, 0.717) is 0 Å². The van der Waals surface area contributed by atoms with E-state index in [1.54, 1.807) is 6.08 Å². The summed E-state index contributed by atoms with van der Waals surface area (Å²) in [7, 11) is 0. The fourth-order valence-corrected chi connectivity index (χ4v) is 2.75. The van der Waals surface area contributed by atoms with Crippen molar-refractivity contribution in [3.63, 3.8) is 0 Å². The molecule has 0 amide bonds. The zero-order valence-electron chi connectivity index (χ0n) is 13.5. The van der Waals surface area contributed by atoms with Gasteiger partial charge in [-0.2, -0.15) is 0 Å². The molecule has 0 saturated carbocycles. The zero-order chi connectivity index (χ0) is 15.6. The van der Waals surface area contributed by atoms with E-state index >= 15 is 0 Å².